The van der Waals surface area contributed by atoms with Crippen molar-refractivity contribution >= 4 is 19.7 Å². The smallest absolute Gasteiger partial charge is 0.408 e. The number of methoxy groups -OCH3 is 1. The van der Waals surface area contributed by atoms with Gasteiger partial charge in [-0.05, 0) is 20.8 Å². The summed E-state index contributed by atoms with van der Waals surface area (Å²) in [7, 11) is 0.0398. The molecule has 20 heavy (non-hydrogen) atoms. The SMILES string of the molecule is COC(=O)[C@@H](CP(=O)(OC)OC)NC(=O)OC(C)(C)C. The van der Waals surface area contributed by atoms with Crippen LogP contribution in [0.15, 0.2) is 0 Å². The van der Waals surface area contributed by atoms with Crippen LogP contribution in [0.25, 0.3) is 0 Å². The van der Waals surface area contributed by atoms with Crippen molar-refractivity contribution in [3.05, 3.63) is 0 Å². The summed E-state index contributed by atoms with van der Waals surface area (Å²) in [4.78, 5) is 23.2. The van der Waals surface area contributed by atoms with Gasteiger partial charge in [0.05, 0.1) is 13.3 Å². The largest absolute Gasteiger partial charge is 0.467 e. The second-order valence-electron chi connectivity index (χ2n) is 4.88. The molecular formula is C11H22NO7P. The van der Waals surface area contributed by atoms with E-state index in [2.05, 4.69) is 10.1 Å². The lowest BCUT2D eigenvalue weighted by Gasteiger charge is -2.24. The van der Waals surface area contributed by atoms with Gasteiger partial charge in [0.15, 0.2) is 0 Å². The third kappa shape index (κ3) is 6.88. The highest BCUT2D eigenvalue weighted by Crippen LogP contribution is 2.46. The molecule has 0 aromatic rings. The summed E-state index contributed by atoms with van der Waals surface area (Å²) in [6, 6.07) is -1.19. The number of hydrogen-bond donors (Lipinski definition) is 1. The van der Waals surface area contributed by atoms with E-state index in [1.54, 1.807) is 20.8 Å². The molecule has 0 fully saturated rings. The van der Waals surface area contributed by atoms with Crippen LogP contribution < -0.4 is 5.32 Å². The number of alkyl carbamates (subject to hydrolysis) is 1. The van der Waals surface area contributed by atoms with Gasteiger partial charge in [0.2, 0.25) is 0 Å². The molecule has 0 aliphatic carbocycles. The Bertz CT molecular complexity index is 383. The number of ether oxygens (including phenoxy) is 2. The van der Waals surface area contributed by atoms with Gasteiger partial charge < -0.3 is 23.8 Å². The maximum atomic E-state index is 12.0. The Kier molecular flexibility index (Phi) is 7.19. The number of amides is 1. The topological polar surface area (TPSA) is 100 Å². The van der Waals surface area contributed by atoms with Crippen LogP contribution in [-0.2, 0) is 27.9 Å². The molecule has 0 rings (SSSR count). The van der Waals surface area contributed by atoms with Crippen LogP contribution in [0.1, 0.15) is 20.8 Å². The maximum Gasteiger partial charge on any atom is 0.408 e. The van der Waals surface area contributed by atoms with Crippen LogP contribution >= 0.6 is 7.60 Å². The Hall–Kier alpha value is -1.11. The lowest BCUT2D eigenvalue weighted by atomic mass is 10.2. The Balaban J connectivity index is 4.88. The molecule has 9 heteroatoms. The Morgan fingerprint density at radius 2 is 1.65 bits per heavy atom. The van der Waals surface area contributed by atoms with Crippen LogP contribution in [0.5, 0.6) is 0 Å². The van der Waals surface area contributed by atoms with Gasteiger partial charge in [0.1, 0.15) is 11.6 Å². The maximum absolute atomic E-state index is 12.0. The van der Waals surface area contributed by atoms with E-state index >= 15 is 0 Å². The van der Waals surface area contributed by atoms with Gasteiger partial charge in [-0.3, -0.25) is 4.57 Å². The zero-order chi connectivity index (χ0) is 16.0. The summed E-state index contributed by atoms with van der Waals surface area (Å²) in [5, 5.41) is 2.28. The molecule has 0 bridgehead atoms. The van der Waals surface area contributed by atoms with Crippen molar-refractivity contribution < 1.29 is 32.7 Å². The molecule has 0 unspecified atom stereocenters. The van der Waals surface area contributed by atoms with Crippen LogP contribution in [0.4, 0.5) is 4.79 Å². The predicted molar refractivity (Wildman–Crippen MR) is 71.7 cm³/mol. The Morgan fingerprint density at radius 1 is 1.15 bits per heavy atom. The third-order valence-corrected chi connectivity index (χ3v) is 4.06. The van der Waals surface area contributed by atoms with Crippen molar-refractivity contribution in [1.29, 1.82) is 0 Å². The second-order valence-corrected chi connectivity index (χ2v) is 7.20. The fourth-order valence-electron chi connectivity index (χ4n) is 1.22. The van der Waals surface area contributed by atoms with Gasteiger partial charge in [-0.15, -0.1) is 0 Å². The Labute approximate surface area is 118 Å². The van der Waals surface area contributed by atoms with Crippen LogP contribution in [0.2, 0.25) is 0 Å². The van der Waals surface area contributed by atoms with Crippen LogP contribution in [0, 0.1) is 0 Å². The van der Waals surface area contributed by atoms with Gasteiger partial charge in [-0.1, -0.05) is 0 Å². The number of esters is 1. The Morgan fingerprint density at radius 3 is 2.00 bits per heavy atom. The summed E-state index contributed by atoms with van der Waals surface area (Å²) < 4.78 is 31.0. The number of nitrogens with one attached hydrogen (secondary N) is 1. The molecule has 8 nitrogen and oxygen atoms in total. The number of hydrogen-bond acceptors (Lipinski definition) is 7. The van der Waals surface area contributed by atoms with Gasteiger partial charge in [0.25, 0.3) is 0 Å². The first-order chi connectivity index (χ1) is 9.06. The number of carbonyl (C=O) groups excluding carboxylic acids is 2. The molecule has 0 saturated heterocycles. The molecule has 0 heterocycles. The van der Waals surface area contributed by atoms with Crippen LogP contribution in [-0.4, -0.2) is 51.2 Å². The fourth-order valence-corrected chi connectivity index (χ4v) is 2.35. The highest BCUT2D eigenvalue weighted by Gasteiger charge is 2.34. The molecule has 0 saturated carbocycles. The number of rotatable bonds is 6. The highest BCUT2D eigenvalue weighted by molar-refractivity contribution is 7.53. The average molecular weight is 311 g/mol. The lowest BCUT2D eigenvalue weighted by molar-refractivity contribution is -0.142. The summed E-state index contributed by atoms with van der Waals surface area (Å²) in [5.41, 5.74) is -0.725. The molecular weight excluding hydrogens is 289 g/mol. The zero-order valence-corrected chi connectivity index (χ0v) is 13.5. The van der Waals surface area contributed by atoms with Gasteiger partial charge in [0, 0.05) is 14.2 Å². The van der Waals surface area contributed by atoms with E-state index in [-0.39, 0.29) is 6.16 Å². The predicted octanol–water partition coefficient (Wildman–Crippen LogP) is 1.54. The van der Waals surface area contributed by atoms with Gasteiger partial charge >= 0.3 is 19.7 Å². The van der Waals surface area contributed by atoms with Crippen molar-refractivity contribution in [1.82, 2.24) is 5.32 Å². The zero-order valence-electron chi connectivity index (χ0n) is 12.6. The first-order valence-corrected chi connectivity index (χ1v) is 7.57. The summed E-state index contributed by atoms with van der Waals surface area (Å²) in [6.07, 6.45) is -1.18. The fraction of sp³-hybridized carbons (Fsp3) is 0.818. The third-order valence-electron chi connectivity index (χ3n) is 2.14. The molecule has 1 N–H and O–H groups in total. The molecule has 0 aromatic carbocycles. The highest BCUT2D eigenvalue weighted by atomic mass is 31.2. The molecule has 118 valence electrons. The van der Waals surface area contributed by atoms with E-state index in [1.165, 1.54) is 14.2 Å². The van der Waals surface area contributed by atoms with E-state index in [0.29, 0.717) is 0 Å². The van der Waals surface area contributed by atoms with Crippen molar-refractivity contribution in [2.45, 2.75) is 32.4 Å². The minimum Gasteiger partial charge on any atom is -0.467 e. The van der Waals surface area contributed by atoms with E-state index in [4.69, 9.17) is 13.8 Å². The molecule has 1 atom stereocenters. The molecule has 1 amide bonds. The van der Waals surface area contributed by atoms with Gasteiger partial charge in [-0.2, -0.15) is 0 Å². The molecule has 0 radical (unpaired) electrons. The van der Waals surface area contributed by atoms with Crippen molar-refractivity contribution in [2.75, 3.05) is 27.5 Å². The van der Waals surface area contributed by atoms with E-state index in [0.717, 1.165) is 7.11 Å². The first-order valence-electron chi connectivity index (χ1n) is 5.84. The molecule has 0 aliphatic rings. The van der Waals surface area contributed by atoms with E-state index in [9.17, 15) is 14.2 Å². The van der Waals surface area contributed by atoms with E-state index < -0.39 is 31.3 Å². The summed E-state index contributed by atoms with van der Waals surface area (Å²) in [6.45, 7) is 5.03. The summed E-state index contributed by atoms with van der Waals surface area (Å²) >= 11 is 0. The molecule has 0 aromatic heterocycles. The van der Waals surface area contributed by atoms with Crippen molar-refractivity contribution in [3.63, 3.8) is 0 Å². The molecule has 0 aliphatic heterocycles. The standard InChI is InChI=1S/C11H22NO7P/c1-11(2,3)19-10(14)12-8(9(13)16-4)7-20(15,17-5)18-6/h8H,7H2,1-6H3,(H,12,14)/t8-/m1/s1. The van der Waals surface area contributed by atoms with Gasteiger partial charge in [-0.25, -0.2) is 9.59 Å². The average Bonchev–Trinajstić information content (AvgIpc) is 2.34. The lowest BCUT2D eigenvalue weighted by Crippen LogP contribution is -2.46. The van der Waals surface area contributed by atoms with Crippen molar-refractivity contribution in [3.8, 4) is 0 Å². The van der Waals surface area contributed by atoms with Crippen molar-refractivity contribution in [2.24, 2.45) is 0 Å². The second kappa shape index (κ2) is 7.61. The minimum absolute atomic E-state index is 0.355. The quantitative estimate of drug-likeness (QED) is 0.586. The number of carbonyl (C=O) groups is 2. The first kappa shape index (κ1) is 18.9. The van der Waals surface area contributed by atoms with E-state index in [1.807, 2.05) is 0 Å². The monoisotopic (exact) mass is 311 g/mol. The van der Waals surface area contributed by atoms with Crippen LogP contribution in [0.3, 0.4) is 0 Å². The summed E-state index contributed by atoms with van der Waals surface area (Å²) in [5.74, 6) is -0.773. The normalized spacial score (nSPS) is 13.5. The minimum atomic E-state index is -3.48. The molecule has 0 spiro atoms.